The van der Waals surface area contributed by atoms with Gasteiger partial charge in [-0.1, -0.05) is 23.5 Å². The van der Waals surface area contributed by atoms with Crippen LogP contribution < -0.4 is 19.1 Å². The van der Waals surface area contributed by atoms with E-state index in [1.165, 1.54) is 11.3 Å². The third kappa shape index (κ3) is 6.60. The predicted octanol–water partition coefficient (Wildman–Crippen LogP) is 4.74. The fraction of sp³-hybridized carbons (Fsp3) is 0.333. The second-order valence-corrected chi connectivity index (χ2v) is 8.28. The van der Waals surface area contributed by atoms with Gasteiger partial charge in [0.25, 0.3) is 5.91 Å². The lowest BCUT2D eigenvalue weighted by Crippen LogP contribution is -2.35. The average Bonchev–Trinajstić information content (AvgIpc) is 3.22. The molecule has 178 valence electrons. The molecule has 0 saturated carbocycles. The van der Waals surface area contributed by atoms with Crippen molar-refractivity contribution in [1.82, 2.24) is 9.88 Å². The number of hydrogen-bond donors (Lipinski definition) is 0. The smallest absolute Gasteiger partial charge is 0.252 e. The van der Waals surface area contributed by atoms with Crippen molar-refractivity contribution in [2.75, 3.05) is 52.9 Å². The van der Waals surface area contributed by atoms with Gasteiger partial charge >= 0.3 is 0 Å². The number of likely N-dealkylation sites (N-methyl/N-ethyl adjacent to an activating group) is 1. The second-order valence-electron chi connectivity index (χ2n) is 7.27. The highest BCUT2D eigenvalue weighted by Crippen LogP contribution is 2.34. The van der Waals surface area contributed by atoms with Crippen molar-refractivity contribution in [3.63, 3.8) is 0 Å². The quantitative estimate of drug-likeness (QED) is 0.382. The second kappa shape index (κ2) is 12.4. The Labute approximate surface area is 205 Å². The van der Waals surface area contributed by atoms with Crippen LogP contribution in [0.2, 0.25) is 0 Å². The van der Waals surface area contributed by atoms with E-state index in [1.54, 1.807) is 31.3 Å². The molecule has 1 aromatic heterocycles. The number of anilines is 1. The van der Waals surface area contributed by atoms with Crippen molar-refractivity contribution >= 4 is 51.1 Å². The molecular weight excluding hydrogens is 462 g/mol. The lowest BCUT2D eigenvalue weighted by atomic mass is 10.2. The fourth-order valence-electron chi connectivity index (χ4n) is 3.11. The van der Waals surface area contributed by atoms with Gasteiger partial charge in [0.05, 0.1) is 25.5 Å². The maximum atomic E-state index is 13.2. The van der Waals surface area contributed by atoms with Crippen LogP contribution in [0.15, 0.2) is 42.5 Å². The SMILES string of the molecule is CCOc1cccc2sc(N(CCN(C)C)C(=O)C=Cc3ccc(OC)c(OC)c3)nc12.Cl. The number of halogens is 1. The molecule has 33 heavy (non-hydrogen) atoms. The molecule has 0 atom stereocenters. The molecular formula is C24H30ClN3O4S. The monoisotopic (exact) mass is 491 g/mol. The number of ether oxygens (including phenoxy) is 3. The largest absolute Gasteiger partial charge is 0.493 e. The minimum atomic E-state index is -0.140. The molecule has 0 N–H and O–H groups in total. The Morgan fingerprint density at radius 2 is 1.82 bits per heavy atom. The van der Waals surface area contributed by atoms with Gasteiger partial charge in [-0.15, -0.1) is 12.4 Å². The number of fused-ring (bicyclic) bond motifs is 1. The van der Waals surface area contributed by atoms with Crippen molar-refractivity contribution in [2.24, 2.45) is 0 Å². The molecule has 0 fully saturated rings. The lowest BCUT2D eigenvalue weighted by Gasteiger charge is -2.20. The van der Waals surface area contributed by atoms with Gasteiger partial charge < -0.3 is 19.1 Å². The number of thiazole rings is 1. The summed E-state index contributed by atoms with van der Waals surface area (Å²) in [6.45, 7) is 3.73. The molecule has 0 aliphatic heterocycles. The summed E-state index contributed by atoms with van der Waals surface area (Å²) < 4.78 is 17.3. The molecule has 0 unspecified atom stereocenters. The van der Waals surface area contributed by atoms with Crippen molar-refractivity contribution in [3.8, 4) is 17.2 Å². The van der Waals surface area contributed by atoms with Crippen LogP contribution in [0, 0.1) is 0 Å². The van der Waals surface area contributed by atoms with Gasteiger partial charge in [-0.25, -0.2) is 4.98 Å². The highest BCUT2D eigenvalue weighted by molar-refractivity contribution is 7.22. The van der Waals surface area contributed by atoms with E-state index in [0.29, 0.717) is 36.3 Å². The number of para-hydroxylation sites is 1. The zero-order chi connectivity index (χ0) is 23.1. The third-order valence-electron chi connectivity index (χ3n) is 4.76. The summed E-state index contributed by atoms with van der Waals surface area (Å²) in [5, 5.41) is 0.649. The first-order valence-corrected chi connectivity index (χ1v) is 11.2. The highest BCUT2D eigenvalue weighted by Gasteiger charge is 2.19. The molecule has 0 saturated heterocycles. The van der Waals surface area contributed by atoms with Gasteiger partial charge in [0.15, 0.2) is 16.6 Å². The van der Waals surface area contributed by atoms with E-state index in [1.807, 2.05) is 62.3 Å². The number of nitrogens with zero attached hydrogens (tertiary/aromatic N) is 3. The summed E-state index contributed by atoms with van der Waals surface area (Å²) in [4.78, 5) is 21.7. The molecule has 1 amide bonds. The Hall–Kier alpha value is -2.81. The average molecular weight is 492 g/mol. The van der Waals surface area contributed by atoms with Crippen molar-refractivity contribution in [2.45, 2.75) is 6.92 Å². The summed E-state index contributed by atoms with van der Waals surface area (Å²) in [6, 6.07) is 11.4. The first kappa shape index (κ1) is 26.4. The van der Waals surface area contributed by atoms with E-state index in [4.69, 9.17) is 19.2 Å². The maximum Gasteiger partial charge on any atom is 0.252 e. The van der Waals surface area contributed by atoms with Crippen molar-refractivity contribution in [1.29, 1.82) is 0 Å². The molecule has 0 aliphatic rings. The number of methoxy groups -OCH3 is 2. The number of hydrogen-bond acceptors (Lipinski definition) is 7. The van der Waals surface area contributed by atoms with Crippen molar-refractivity contribution in [3.05, 3.63) is 48.0 Å². The minimum Gasteiger partial charge on any atom is -0.493 e. The van der Waals surface area contributed by atoms with Crippen LogP contribution in [0.4, 0.5) is 5.13 Å². The van der Waals surface area contributed by atoms with Crippen LogP contribution in [0.1, 0.15) is 12.5 Å². The number of amides is 1. The zero-order valence-electron chi connectivity index (χ0n) is 19.5. The Balaban J connectivity index is 0.00000385. The fourth-order valence-corrected chi connectivity index (χ4v) is 4.13. The van der Waals surface area contributed by atoms with Crippen LogP contribution in [-0.2, 0) is 4.79 Å². The van der Waals surface area contributed by atoms with Crippen LogP contribution in [0.3, 0.4) is 0 Å². The van der Waals surface area contributed by atoms with Gasteiger partial charge in [0.2, 0.25) is 0 Å². The molecule has 0 aliphatic carbocycles. The van der Waals surface area contributed by atoms with Crippen LogP contribution in [0.5, 0.6) is 17.2 Å². The molecule has 0 spiro atoms. The molecule has 0 bridgehead atoms. The topological polar surface area (TPSA) is 64.1 Å². The maximum absolute atomic E-state index is 13.2. The summed E-state index contributed by atoms with van der Waals surface area (Å²) in [5.74, 6) is 1.84. The molecule has 9 heteroatoms. The van der Waals surface area contributed by atoms with Gasteiger partial charge in [-0.3, -0.25) is 9.69 Å². The first-order valence-electron chi connectivity index (χ1n) is 10.4. The standard InChI is InChI=1S/C24H29N3O4S.ClH/c1-6-31-19-8-7-9-21-23(19)25-24(32-21)27(15-14-26(2)3)22(28)13-11-17-10-12-18(29-4)20(16-17)30-5;/h7-13,16H,6,14-15H2,1-5H3;1H. The summed E-state index contributed by atoms with van der Waals surface area (Å²) in [6.07, 6.45) is 3.33. The molecule has 3 aromatic rings. The number of carbonyl (C=O) groups excluding carboxylic acids is 1. The minimum absolute atomic E-state index is 0. The van der Waals surface area contributed by atoms with Gasteiger partial charge in [-0.05, 0) is 56.9 Å². The summed E-state index contributed by atoms with van der Waals surface area (Å²) in [7, 11) is 7.14. The third-order valence-corrected chi connectivity index (χ3v) is 5.81. The predicted molar refractivity (Wildman–Crippen MR) is 138 cm³/mol. The van der Waals surface area contributed by atoms with Crippen LogP contribution in [0.25, 0.3) is 16.3 Å². The molecule has 3 rings (SSSR count). The van der Waals surface area contributed by atoms with E-state index >= 15 is 0 Å². The Kier molecular flexibility index (Phi) is 9.96. The number of aromatic nitrogens is 1. The summed E-state index contributed by atoms with van der Waals surface area (Å²) in [5.41, 5.74) is 1.62. The van der Waals surface area contributed by atoms with E-state index < -0.39 is 0 Å². The number of rotatable bonds is 10. The molecule has 2 aromatic carbocycles. The molecule has 0 radical (unpaired) electrons. The highest BCUT2D eigenvalue weighted by atomic mass is 35.5. The van der Waals surface area contributed by atoms with Crippen molar-refractivity contribution < 1.29 is 19.0 Å². The number of carbonyl (C=O) groups is 1. The van der Waals surface area contributed by atoms with Gasteiger partial charge in [-0.2, -0.15) is 0 Å². The van der Waals surface area contributed by atoms with E-state index in [0.717, 1.165) is 21.5 Å². The Morgan fingerprint density at radius 3 is 2.48 bits per heavy atom. The normalized spacial score (nSPS) is 11.0. The number of benzene rings is 2. The Bertz CT molecular complexity index is 1100. The van der Waals surface area contributed by atoms with E-state index in [2.05, 4.69) is 0 Å². The zero-order valence-corrected chi connectivity index (χ0v) is 21.2. The Morgan fingerprint density at radius 1 is 1.06 bits per heavy atom. The van der Waals surface area contributed by atoms with E-state index in [-0.39, 0.29) is 18.3 Å². The first-order chi connectivity index (χ1) is 15.5. The van der Waals surface area contributed by atoms with Crippen LogP contribution >= 0.6 is 23.7 Å². The molecule has 1 heterocycles. The molecule has 7 nitrogen and oxygen atoms in total. The van der Waals surface area contributed by atoms with Crippen LogP contribution in [-0.4, -0.2) is 63.8 Å². The van der Waals surface area contributed by atoms with Gasteiger partial charge in [0, 0.05) is 19.2 Å². The lowest BCUT2D eigenvalue weighted by molar-refractivity contribution is -0.114. The van der Waals surface area contributed by atoms with Gasteiger partial charge in [0.1, 0.15) is 11.3 Å². The van der Waals surface area contributed by atoms with E-state index in [9.17, 15) is 4.79 Å². The summed E-state index contributed by atoms with van der Waals surface area (Å²) >= 11 is 1.48.